The van der Waals surface area contributed by atoms with Gasteiger partial charge in [-0.05, 0) is 51.6 Å². The number of sulfonamides is 1. The normalized spacial score (nSPS) is 21.9. The molecule has 0 aliphatic carbocycles. The first-order valence-electron chi connectivity index (χ1n) is 7.34. The molecule has 1 fully saturated rings. The zero-order chi connectivity index (χ0) is 15.6. The molecular weight excluding hydrogens is 286 g/mol. The van der Waals surface area contributed by atoms with E-state index in [4.69, 9.17) is 5.73 Å². The molecule has 0 amide bonds. The lowest BCUT2D eigenvalue weighted by Gasteiger charge is -2.26. The maximum absolute atomic E-state index is 12.9. The van der Waals surface area contributed by atoms with Crippen molar-refractivity contribution in [2.45, 2.75) is 36.7 Å². The van der Waals surface area contributed by atoms with E-state index in [-0.39, 0.29) is 12.1 Å². The first-order valence-corrected chi connectivity index (χ1v) is 8.78. The third kappa shape index (κ3) is 3.63. The van der Waals surface area contributed by atoms with Gasteiger partial charge in [0.2, 0.25) is 10.0 Å². The third-order valence-corrected chi connectivity index (χ3v) is 5.84. The van der Waals surface area contributed by atoms with Gasteiger partial charge in [0, 0.05) is 25.2 Å². The fourth-order valence-electron chi connectivity index (χ4n) is 2.82. The number of nitrogens with two attached hydrogens (primary N) is 1. The van der Waals surface area contributed by atoms with Crippen LogP contribution in [0.1, 0.15) is 31.4 Å². The quantitative estimate of drug-likeness (QED) is 0.893. The standard InChI is InChI=1S/C15H25N3O2S/c1-12(16)13-6-4-8-15(10-13)21(19,20)18-9-5-7-14(18)11-17(2)3/h4,6,8,10,12,14H,5,7,9,11,16H2,1-3H3. The van der Waals surface area contributed by atoms with Crippen molar-refractivity contribution in [2.24, 2.45) is 5.73 Å². The van der Waals surface area contributed by atoms with Gasteiger partial charge in [-0.25, -0.2) is 8.42 Å². The van der Waals surface area contributed by atoms with Gasteiger partial charge in [0.05, 0.1) is 4.90 Å². The first-order chi connectivity index (χ1) is 9.82. The zero-order valence-electron chi connectivity index (χ0n) is 13.0. The van der Waals surface area contributed by atoms with E-state index < -0.39 is 10.0 Å². The number of likely N-dealkylation sites (N-methyl/N-ethyl adjacent to an activating group) is 1. The van der Waals surface area contributed by atoms with Gasteiger partial charge in [0.15, 0.2) is 0 Å². The second-order valence-electron chi connectivity index (χ2n) is 6.04. The average Bonchev–Trinajstić information content (AvgIpc) is 2.86. The Morgan fingerprint density at radius 2 is 2.14 bits per heavy atom. The minimum Gasteiger partial charge on any atom is -0.324 e. The lowest BCUT2D eigenvalue weighted by atomic mass is 10.1. The van der Waals surface area contributed by atoms with Crippen molar-refractivity contribution >= 4 is 10.0 Å². The van der Waals surface area contributed by atoms with E-state index in [1.807, 2.05) is 32.0 Å². The minimum atomic E-state index is -3.44. The number of hydrogen-bond donors (Lipinski definition) is 1. The summed E-state index contributed by atoms with van der Waals surface area (Å²) in [5.41, 5.74) is 6.70. The number of hydrogen-bond acceptors (Lipinski definition) is 4. The largest absolute Gasteiger partial charge is 0.324 e. The Kier molecular flexibility index (Phi) is 5.03. The molecule has 1 heterocycles. The van der Waals surface area contributed by atoms with Crippen LogP contribution in [0.2, 0.25) is 0 Å². The molecule has 0 spiro atoms. The van der Waals surface area contributed by atoms with E-state index in [0.29, 0.717) is 11.4 Å². The molecule has 2 rings (SSSR count). The molecule has 2 N–H and O–H groups in total. The summed E-state index contributed by atoms with van der Waals surface area (Å²) >= 11 is 0. The molecule has 0 radical (unpaired) electrons. The Morgan fingerprint density at radius 3 is 2.76 bits per heavy atom. The van der Waals surface area contributed by atoms with Crippen molar-refractivity contribution in [1.29, 1.82) is 0 Å². The fourth-order valence-corrected chi connectivity index (χ4v) is 4.56. The first kappa shape index (κ1) is 16.4. The molecular formula is C15H25N3O2S. The van der Waals surface area contributed by atoms with Crippen LogP contribution in [0.3, 0.4) is 0 Å². The average molecular weight is 311 g/mol. The topological polar surface area (TPSA) is 66.6 Å². The molecule has 2 unspecified atom stereocenters. The summed E-state index contributed by atoms with van der Waals surface area (Å²) in [6.45, 7) is 3.21. The molecule has 118 valence electrons. The summed E-state index contributed by atoms with van der Waals surface area (Å²) < 4.78 is 27.4. The van der Waals surface area contributed by atoms with Gasteiger partial charge in [-0.3, -0.25) is 0 Å². The molecule has 0 aromatic heterocycles. The zero-order valence-corrected chi connectivity index (χ0v) is 13.8. The second kappa shape index (κ2) is 6.44. The highest BCUT2D eigenvalue weighted by Crippen LogP contribution is 2.27. The molecule has 1 aliphatic rings. The van der Waals surface area contributed by atoms with E-state index in [2.05, 4.69) is 0 Å². The minimum absolute atomic E-state index is 0.0592. The van der Waals surface area contributed by atoms with Gasteiger partial charge in [-0.1, -0.05) is 12.1 Å². The van der Waals surface area contributed by atoms with E-state index in [1.165, 1.54) is 0 Å². The van der Waals surface area contributed by atoms with Gasteiger partial charge in [-0.2, -0.15) is 4.31 Å². The van der Waals surface area contributed by atoms with Crippen LogP contribution in [-0.4, -0.2) is 50.8 Å². The SMILES string of the molecule is CC(N)c1cccc(S(=O)(=O)N2CCCC2CN(C)C)c1. The highest BCUT2D eigenvalue weighted by molar-refractivity contribution is 7.89. The van der Waals surface area contributed by atoms with Gasteiger partial charge in [0.1, 0.15) is 0 Å². The van der Waals surface area contributed by atoms with Crippen molar-refractivity contribution in [1.82, 2.24) is 9.21 Å². The van der Waals surface area contributed by atoms with Crippen molar-refractivity contribution in [3.8, 4) is 0 Å². The molecule has 6 heteroatoms. The maximum Gasteiger partial charge on any atom is 0.243 e. The molecule has 2 atom stereocenters. The monoisotopic (exact) mass is 311 g/mol. The van der Waals surface area contributed by atoms with Gasteiger partial charge in [0.25, 0.3) is 0 Å². The Hall–Kier alpha value is -0.950. The van der Waals surface area contributed by atoms with E-state index in [1.54, 1.807) is 22.5 Å². The molecule has 5 nitrogen and oxygen atoms in total. The van der Waals surface area contributed by atoms with Gasteiger partial charge < -0.3 is 10.6 Å². The van der Waals surface area contributed by atoms with Crippen LogP contribution in [0.25, 0.3) is 0 Å². The van der Waals surface area contributed by atoms with Crippen LogP contribution in [0, 0.1) is 0 Å². The summed E-state index contributed by atoms with van der Waals surface area (Å²) in [7, 11) is 0.506. The molecule has 1 aromatic rings. The molecule has 21 heavy (non-hydrogen) atoms. The van der Waals surface area contributed by atoms with Crippen molar-refractivity contribution in [2.75, 3.05) is 27.2 Å². The van der Waals surface area contributed by atoms with Crippen LogP contribution < -0.4 is 5.73 Å². The number of rotatable bonds is 5. The third-order valence-electron chi connectivity index (χ3n) is 3.89. The van der Waals surface area contributed by atoms with Crippen LogP contribution in [0.4, 0.5) is 0 Å². The fraction of sp³-hybridized carbons (Fsp3) is 0.600. The molecule has 1 aliphatic heterocycles. The van der Waals surface area contributed by atoms with Crippen molar-refractivity contribution < 1.29 is 8.42 Å². The Bertz CT molecular complexity index is 584. The molecule has 0 bridgehead atoms. The van der Waals surface area contributed by atoms with E-state index >= 15 is 0 Å². The number of nitrogens with zero attached hydrogens (tertiary/aromatic N) is 2. The van der Waals surface area contributed by atoms with Crippen LogP contribution in [0.5, 0.6) is 0 Å². The predicted octanol–water partition coefficient (Wildman–Crippen LogP) is 1.42. The summed E-state index contributed by atoms with van der Waals surface area (Å²) in [6.07, 6.45) is 1.84. The molecule has 1 saturated heterocycles. The van der Waals surface area contributed by atoms with Crippen molar-refractivity contribution in [3.63, 3.8) is 0 Å². The molecule has 1 aromatic carbocycles. The van der Waals surface area contributed by atoms with E-state index in [9.17, 15) is 8.42 Å². The summed E-state index contributed by atoms with van der Waals surface area (Å²) in [4.78, 5) is 2.39. The Morgan fingerprint density at radius 1 is 1.43 bits per heavy atom. The smallest absolute Gasteiger partial charge is 0.243 e. The highest BCUT2D eigenvalue weighted by atomic mass is 32.2. The second-order valence-corrected chi connectivity index (χ2v) is 7.93. The van der Waals surface area contributed by atoms with Gasteiger partial charge >= 0.3 is 0 Å². The van der Waals surface area contributed by atoms with Gasteiger partial charge in [-0.15, -0.1) is 0 Å². The maximum atomic E-state index is 12.9. The van der Waals surface area contributed by atoms with E-state index in [0.717, 1.165) is 24.9 Å². The molecule has 0 saturated carbocycles. The van der Waals surface area contributed by atoms with Crippen molar-refractivity contribution in [3.05, 3.63) is 29.8 Å². The predicted molar refractivity (Wildman–Crippen MR) is 84.5 cm³/mol. The lowest BCUT2D eigenvalue weighted by molar-refractivity contribution is 0.291. The lowest BCUT2D eigenvalue weighted by Crippen LogP contribution is -2.41. The summed E-state index contributed by atoms with van der Waals surface area (Å²) in [5.74, 6) is 0. The summed E-state index contributed by atoms with van der Waals surface area (Å²) in [5, 5.41) is 0. The van der Waals surface area contributed by atoms with Crippen LogP contribution >= 0.6 is 0 Å². The Labute approximate surface area is 127 Å². The Balaban J connectivity index is 2.30. The highest BCUT2D eigenvalue weighted by Gasteiger charge is 2.35. The summed E-state index contributed by atoms with van der Waals surface area (Å²) in [6, 6.07) is 6.88. The van der Waals surface area contributed by atoms with Crippen LogP contribution in [0.15, 0.2) is 29.2 Å². The van der Waals surface area contributed by atoms with Crippen LogP contribution in [-0.2, 0) is 10.0 Å². The number of benzene rings is 1.